The molecule has 2 heterocycles. The van der Waals surface area contributed by atoms with Crippen LogP contribution in [0.2, 0.25) is 0 Å². The van der Waals surface area contributed by atoms with Crippen molar-refractivity contribution in [3.05, 3.63) is 11.8 Å². The van der Waals surface area contributed by atoms with E-state index in [1.807, 2.05) is 0 Å². The van der Waals surface area contributed by atoms with Crippen LogP contribution in [0.4, 0.5) is 0 Å². The van der Waals surface area contributed by atoms with Crippen molar-refractivity contribution in [3.63, 3.8) is 0 Å². The molecule has 4 nitrogen and oxygen atoms in total. The summed E-state index contributed by atoms with van der Waals surface area (Å²) in [5.41, 5.74) is 0.148. The van der Waals surface area contributed by atoms with Gasteiger partial charge in [0.15, 0.2) is 0 Å². The molecule has 1 atom stereocenters. The summed E-state index contributed by atoms with van der Waals surface area (Å²) in [4.78, 5) is 23.3. The average molecular weight is 222 g/mol. The first-order valence-electron chi connectivity index (χ1n) is 3.61. The molecule has 0 saturated carbocycles. The molecule has 1 unspecified atom stereocenters. The maximum absolute atomic E-state index is 11.0. The lowest BCUT2D eigenvalue weighted by molar-refractivity contribution is -0.135. The number of carboxylic acid groups (broad SMARTS) is 1. The molecule has 1 saturated heterocycles. The zero-order valence-electron chi connectivity index (χ0n) is 6.60. The maximum Gasteiger partial charge on any atom is 0.352 e. The molecule has 1 N–H and O–H groups in total. The van der Waals surface area contributed by atoms with E-state index in [2.05, 4.69) is 0 Å². The topological polar surface area (TPSA) is 57.6 Å². The third-order valence-corrected chi connectivity index (χ3v) is 3.11. The third kappa shape index (κ3) is 1.66. The molecular formula is C7H8ClNO3S. The molecule has 1 fully saturated rings. The Morgan fingerprint density at radius 2 is 2.38 bits per heavy atom. The summed E-state index contributed by atoms with van der Waals surface area (Å²) in [6.07, 6.45) is 2.10. The van der Waals surface area contributed by atoms with Gasteiger partial charge in [0.1, 0.15) is 5.70 Å². The SMILES string of the molecule is Cl.O=C1C=C(C(=O)O)N2CCC2S1. The lowest BCUT2D eigenvalue weighted by Gasteiger charge is -2.43. The van der Waals surface area contributed by atoms with Crippen LogP contribution < -0.4 is 0 Å². The standard InChI is InChI=1S/C7H7NO3S.ClH/c9-6-3-4(7(10)11)8-2-1-5(8)12-6;/h3,5H,1-2H2,(H,10,11);1H. The maximum atomic E-state index is 11.0. The van der Waals surface area contributed by atoms with E-state index >= 15 is 0 Å². The van der Waals surface area contributed by atoms with Crippen LogP contribution in [0.5, 0.6) is 0 Å². The normalized spacial score (nSPS) is 25.2. The average Bonchev–Trinajstić information content (AvgIpc) is 1.95. The third-order valence-electron chi connectivity index (χ3n) is 2.00. The van der Waals surface area contributed by atoms with E-state index in [-0.39, 0.29) is 28.6 Å². The predicted octanol–water partition coefficient (Wildman–Crippen LogP) is 0.682. The molecule has 0 amide bonds. The highest BCUT2D eigenvalue weighted by Crippen LogP contribution is 2.36. The molecule has 0 radical (unpaired) electrons. The van der Waals surface area contributed by atoms with Crippen LogP contribution >= 0.6 is 24.2 Å². The Balaban J connectivity index is 0.000000845. The lowest BCUT2D eigenvalue weighted by Crippen LogP contribution is -2.49. The minimum Gasteiger partial charge on any atom is -0.477 e. The zero-order chi connectivity index (χ0) is 8.72. The monoisotopic (exact) mass is 221 g/mol. The first kappa shape index (κ1) is 10.4. The second-order valence-electron chi connectivity index (χ2n) is 2.71. The largest absolute Gasteiger partial charge is 0.477 e. The van der Waals surface area contributed by atoms with Crippen LogP contribution in [0, 0.1) is 0 Å². The molecule has 2 rings (SSSR count). The molecule has 0 aromatic heterocycles. The van der Waals surface area contributed by atoms with Gasteiger partial charge in [0, 0.05) is 12.6 Å². The number of thioether (sulfide) groups is 1. The number of aliphatic carboxylic acids is 1. The molecule has 0 aromatic rings. The first-order chi connectivity index (χ1) is 5.68. The van der Waals surface area contributed by atoms with Crippen molar-refractivity contribution in [2.75, 3.05) is 6.54 Å². The van der Waals surface area contributed by atoms with Crippen molar-refractivity contribution in [2.24, 2.45) is 0 Å². The molecule has 0 aliphatic carbocycles. The van der Waals surface area contributed by atoms with Crippen molar-refractivity contribution >= 4 is 35.3 Å². The van der Waals surface area contributed by atoms with Crippen molar-refractivity contribution in [3.8, 4) is 0 Å². The van der Waals surface area contributed by atoms with Gasteiger partial charge in [-0.2, -0.15) is 0 Å². The van der Waals surface area contributed by atoms with Gasteiger partial charge in [-0.1, -0.05) is 11.8 Å². The minimum atomic E-state index is -1.01. The number of carbonyl (C=O) groups excluding carboxylic acids is 1. The Morgan fingerprint density at radius 3 is 2.85 bits per heavy atom. The predicted molar refractivity (Wildman–Crippen MR) is 50.7 cm³/mol. The molecule has 72 valence electrons. The van der Waals surface area contributed by atoms with Crippen LogP contribution in [-0.4, -0.2) is 33.0 Å². The number of halogens is 1. The van der Waals surface area contributed by atoms with E-state index in [1.165, 1.54) is 17.8 Å². The van der Waals surface area contributed by atoms with Gasteiger partial charge in [-0.25, -0.2) is 4.79 Å². The summed E-state index contributed by atoms with van der Waals surface area (Å²) in [5.74, 6) is -1.01. The Kier molecular flexibility index (Phi) is 2.87. The molecule has 6 heteroatoms. The fourth-order valence-electron chi connectivity index (χ4n) is 1.31. The van der Waals surface area contributed by atoms with Gasteiger partial charge in [0.2, 0.25) is 5.12 Å². The number of carbonyl (C=O) groups is 2. The quantitative estimate of drug-likeness (QED) is 0.706. The summed E-state index contributed by atoms with van der Waals surface area (Å²) >= 11 is 1.20. The van der Waals surface area contributed by atoms with Crippen LogP contribution in [0.25, 0.3) is 0 Å². The second kappa shape index (κ2) is 3.59. The van der Waals surface area contributed by atoms with E-state index < -0.39 is 5.97 Å². The molecule has 13 heavy (non-hydrogen) atoms. The Morgan fingerprint density at radius 1 is 1.69 bits per heavy atom. The highest BCUT2D eigenvalue weighted by atomic mass is 35.5. The summed E-state index contributed by atoms with van der Waals surface area (Å²) in [6, 6.07) is 0. The molecule has 2 aliphatic rings. The van der Waals surface area contributed by atoms with Crippen molar-refractivity contribution in [1.82, 2.24) is 4.90 Å². The molecule has 0 aromatic carbocycles. The van der Waals surface area contributed by atoms with Gasteiger partial charge in [-0.3, -0.25) is 4.79 Å². The van der Waals surface area contributed by atoms with Crippen molar-refractivity contribution in [2.45, 2.75) is 11.8 Å². The summed E-state index contributed by atoms with van der Waals surface area (Å²) < 4.78 is 0. The van der Waals surface area contributed by atoms with E-state index in [1.54, 1.807) is 4.90 Å². The zero-order valence-corrected chi connectivity index (χ0v) is 8.23. The van der Waals surface area contributed by atoms with Crippen molar-refractivity contribution in [1.29, 1.82) is 0 Å². The second-order valence-corrected chi connectivity index (χ2v) is 3.89. The fraction of sp³-hybridized carbons (Fsp3) is 0.429. The van der Waals surface area contributed by atoms with Gasteiger partial charge in [-0.05, 0) is 6.42 Å². The van der Waals surface area contributed by atoms with E-state index in [9.17, 15) is 9.59 Å². The Labute approximate surface area is 85.4 Å². The van der Waals surface area contributed by atoms with Gasteiger partial charge in [0.25, 0.3) is 0 Å². The molecule has 2 aliphatic heterocycles. The fourth-order valence-corrected chi connectivity index (χ4v) is 2.33. The van der Waals surface area contributed by atoms with E-state index in [0.717, 1.165) is 13.0 Å². The van der Waals surface area contributed by atoms with Crippen LogP contribution in [0.15, 0.2) is 11.8 Å². The minimum absolute atomic E-state index is 0. The Bertz CT molecular complexity index is 291. The number of fused-ring (bicyclic) bond motifs is 1. The highest BCUT2D eigenvalue weighted by Gasteiger charge is 2.38. The molecule has 0 spiro atoms. The number of rotatable bonds is 1. The Hall–Kier alpha value is -0.680. The van der Waals surface area contributed by atoms with Crippen LogP contribution in [-0.2, 0) is 9.59 Å². The number of carboxylic acids is 1. The summed E-state index contributed by atoms with van der Waals surface area (Å²) in [7, 11) is 0. The number of hydrogen-bond acceptors (Lipinski definition) is 4. The highest BCUT2D eigenvalue weighted by molar-refractivity contribution is 8.14. The molecule has 0 bridgehead atoms. The van der Waals surface area contributed by atoms with E-state index in [0.29, 0.717) is 0 Å². The smallest absolute Gasteiger partial charge is 0.352 e. The van der Waals surface area contributed by atoms with Crippen LogP contribution in [0.1, 0.15) is 6.42 Å². The number of hydrogen-bond donors (Lipinski definition) is 1. The van der Waals surface area contributed by atoms with Gasteiger partial charge in [0.05, 0.1) is 5.37 Å². The number of nitrogens with zero attached hydrogens (tertiary/aromatic N) is 1. The van der Waals surface area contributed by atoms with E-state index in [4.69, 9.17) is 5.11 Å². The first-order valence-corrected chi connectivity index (χ1v) is 4.48. The molecular weight excluding hydrogens is 214 g/mol. The lowest BCUT2D eigenvalue weighted by atomic mass is 10.2. The van der Waals surface area contributed by atoms with Gasteiger partial charge < -0.3 is 10.0 Å². The summed E-state index contributed by atoms with van der Waals surface area (Å²) in [5, 5.41) is 8.64. The van der Waals surface area contributed by atoms with Crippen LogP contribution in [0.3, 0.4) is 0 Å². The van der Waals surface area contributed by atoms with Gasteiger partial charge >= 0.3 is 5.97 Å². The summed E-state index contributed by atoms with van der Waals surface area (Å²) in [6.45, 7) is 0.753. The van der Waals surface area contributed by atoms with Crippen molar-refractivity contribution < 1.29 is 14.7 Å². The van der Waals surface area contributed by atoms with Gasteiger partial charge in [-0.15, -0.1) is 12.4 Å².